The first-order valence-corrected chi connectivity index (χ1v) is 14.0. The Morgan fingerprint density at radius 1 is 0.806 bits per heavy atom. The number of methoxy groups -OCH3 is 1. The normalized spacial score (nSPS) is 24.8. The van der Waals surface area contributed by atoms with Crippen LogP contribution in [0.1, 0.15) is 112 Å². The standard InChI is InChI=1S/C32H41F3O/c1-3-4-5-6-22-9-14-25(15-10-22)27-18-19-28(32(35)31(27)34)26-16-11-23(12-17-26)7-8-24-13-20-30(36-2)29(33)21-24/h7-8,13,18-23,25-26H,3-6,9-12,14-17H2,1-2H3/b8-7+. The molecule has 1 nitrogen and oxygen atoms in total. The number of benzene rings is 2. The molecule has 0 aliphatic heterocycles. The Bertz CT molecular complexity index is 1010. The van der Waals surface area contributed by atoms with Gasteiger partial charge in [-0.15, -0.1) is 0 Å². The molecule has 0 bridgehead atoms. The van der Waals surface area contributed by atoms with Gasteiger partial charge in [-0.25, -0.2) is 13.2 Å². The summed E-state index contributed by atoms with van der Waals surface area (Å²) in [5.74, 6) is -0.0206. The maximum absolute atomic E-state index is 15.2. The third-order valence-corrected chi connectivity index (χ3v) is 8.59. The van der Waals surface area contributed by atoms with Crippen molar-refractivity contribution < 1.29 is 17.9 Å². The summed E-state index contributed by atoms with van der Waals surface area (Å²) in [6.45, 7) is 2.23. The number of allylic oxidation sites excluding steroid dienone is 1. The number of hydrogen-bond donors (Lipinski definition) is 0. The van der Waals surface area contributed by atoms with Gasteiger partial charge in [0.2, 0.25) is 0 Å². The van der Waals surface area contributed by atoms with Crippen molar-refractivity contribution in [2.75, 3.05) is 7.11 Å². The SMILES string of the molecule is CCCCCC1CCC(c2ccc(C3CCC(/C=C/c4ccc(OC)c(F)c4)CC3)c(F)c2F)CC1. The number of hydrogen-bond acceptors (Lipinski definition) is 1. The first-order valence-electron chi connectivity index (χ1n) is 14.0. The van der Waals surface area contributed by atoms with E-state index in [-0.39, 0.29) is 23.4 Å². The molecule has 0 radical (unpaired) electrons. The van der Waals surface area contributed by atoms with Crippen LogP contribution in [0, 0.1) is 29.3 Å². The Morgan fingerprint density at radius 2 is 1.42 bits per heavy atom. The fourth-order valence-electron chi connectivity index (χ4n) is 6.31. The van der Waals surface area contributed by atoms with Crippen molar-refractivity contribution in [3.63, 3.8) is 0 Å². The molecule has 0 saturated heterocycles. The topological polar surface area (TPSA) is 9.23 Å². The summed E-state index contributed by atoms with van der Waals surface area (Å²) in [6.07, 6.45) is 16.9. The summed E-state index contributed by atoms with van der Waals surface area (Å²) in [5.41, 5.74) is 1.94. The van der Waals surface area contributed by atoms with E-state index >= 15 is 8.78 Å². The molecule has 0 aromatic heterocycles. The van der Waals surface area contributed by atoms with Gasteiger partial charge in [-0.3, -0.25) is 0 Å². The van der Waals surface area contributed by atoms with Crippen molar-refractivity contribution in [1.29, 1.82) is 0 Å². The molecule has 0 unspecified atom stereocenters. The maximum Gasteiger partial charge on any atom is 0.165 e. The summed E-state index contributed by atoms with van der Waals surface area (Å²) in [4.78, 5) is 0. The Kier molecular flexibility index (Phi) is 9.56. The van der Waals surface area contributed by atoms with Crippen LogP contribution in [0.5, 0.6) is 5.75 Å². The quantitative estimate of drug-likeness (QED) is 0.313. The van der Waals surface area contributed by atoms with E-state index in [9.17, 15) is 4.39 Å². The molecule has 2 fully saturated rings. The summed E-state index contributed by atoms with van der Waals surface area (Å²) in [6, 6.07) is 8.68. The number of halogens is 3. The zero-order valence-electron chi connectivity index (χ0n) is 21.9. The van der Waals surface area contributed by atoms with Gasteiger partial charge in [0.15, 0.2) is 23.2 Å². The van der Waals surface area contributed by atoms with Gasteiger partial charge in [0.05, 0.1) is 7.11 Å². The van der Waals surface area contributed by atoms with Crippen LogP contribution in [-0.2, 0) is 0 Å². The Hall–Kier alpha value is -2.23. The summed E-state index contributed by atoms with van der Waals surface area (Å²) in [5, 5.41) is 0. The molecule has 0 heterocycles. The summed E-state index contributed by atoms with van der Waals surface area (Å²) < 4.78 is 49.3. The second-order valence-electron chi connectivity index (χ2n) is 11.0. The van der Waals surface area contributed by atoms with E-state index in [0.29, 0.717) is 17.0 Å². The van der Waals surface area contributed by atoms with Gasteiger partial charge in [-0.2, -0.15) is 0 Å². The second kappa shape index (κ2) is 12.8. The van der Waals surface area contributed by atoms with E-state index in [4.69, 9.17) is 4.74 Å². The molecule has 0 atom stereocenters. The molecule has 0 amide bonds. The molecule has 196 valence electrons. The first kappa shape index (κ1) is 26.8. The van der Waals surface area contributed by atoms with Crippen LogP contribution in [0.2, 0.25) is 0 Å². The minimum Gasteiger partial charge on any atom is -0.494 e. The van der Waals surface area contributed by atoms with Gasteiger partial charge in [0.1, 0.15) is 0 Å². The van der Waals surface area contributed by atoms with Crippen molar-refractivity contribution in [2.45, 2.75) is 95.8 Å². The maximum atomic E-state index is 15.2. The molecule has 2 aliphatic rings. The monoisotopic (exact) mass is 498 g/mol. The highest BCUT2D eigenvalue weighted by Gasteiger charge is 2.29. The second-order valence-corrected chi connectivity index (χ2v) is 11.0. The third kappa shape index (κ3) is 6.55. The van der Waals surface area contributed by atoms with Crippen molar-refractivity contribution in [3.8, 4) is 5.75 Å². The average molecular weight is 499 g/mol. The largest absolute Gasteiger partial charge is 0.494 e. The van der Waals surface area contributed by atoms with Gasteiger partial charge in [0.25, 0.3) is 0 Å². The Morgan fingerprint density at radius 3 is 1.97 bits per heavy atom. The Balaban J connectivity index is 1.31. The van der Waals surface area contributed by atoms with Crippen molar-refractivity contribution in [3.05, 3.63) is 70.5 Å². The lowest BCUT2D eigenvalue weighted by Crippen LogP contribution is -2.17. The van der Waals surface area contributed by atoms with Crippen LogP contribution in [0.4, 0.5) is 13.2 Å². The van der Waals surface area contributed by atoms with Crippen LogP contribution in [0.15, 0.2) is 36.4 Å². The number of unbranched alkanes of at least 4 members (excludes halogenated alkanes) is 2. The molecule has 4 heteroatoms. The molecule has 36 heavy (non-hydrogen) atoms. The van der Waals surface area contributed by atoms with Crippen LogP contribution in [0.3, 0.4) is 0 Å². The van der Waals surface area contributed by atoms with E-state index in [0.717, 1.165) is 62.8 Å². The predicted octanol–water partition coefficient (Wildman–Crippen LogP) is 9.95. The number of ether oxygens (including phenoxy) is 1. The van der Waals surface area contributed by atoms with E-state index in [1.165, 1.54) is 38.9 Å². The predicted molar refractivity (Wildman–Crippen MR) is 142 cm³/mol. The molecule has 2 saturated carbocycles. The van der Waals surface area contributed by atoms with Gasteiger partial charge in [-0.1, -0.05) is 63.0 Å². The highest BCUT2D eigenvalue weighted by atomic mass is 19.2. The van der Waals surface area contributed by atoms with Gasteiger partial charge >= 0.3 is 0 Å². The third-order valence-electron chi connectivity index (χ3n) is 8.59. The first-order chi connectivity index (χ1) is 17.5. The molecule has 0 spiro atoms. The van der Waals surface area contributed by atoms with Crippen molar-refractivity contribution >= 4 is 6.08 Å². The van der Waals surface area contributed by atoms with Gasteiger partial charge in [0, 0.05) is 0 Å². The molecular weight excluding hydrogens is 457 g/mol. The highest BCUT2D eigenvalue weighted by molar-refractivity contribution is 5.51. The van der Waals surface area contributed by atoms with E-state index in [1.807, 2.05) is 24.3 Å². The fourth-order valence-corrected chi connectivity index (χ4v) is 6.31. The molecule has 2 aromatic carbocycles. The zero-order valence-corrected chi connectivity index (χ0v) is 21.9. The van der Waals surface area contributed by atoms with Gasteiger partial charge in [-0.05, 0) is 104 Å². The lowest BCUT2D eigenvalue weighted by molar-refractivity contribution is 0.297. The van der Waals surface area contributed by atoms with E-state index < -0.39 is 11.6 Å². The molecular formula is C32H41F3O. The highest BCUT2D eigenvalue weighted by Crippen LogP contribution is 2.42. The summed E-state index contributed by atoms with van der Waals surface area (Å²) >= 11 is 0. The lowest BCUT2D eigenvalue weighted by atomic mass is 9.75. The lowest BCUT2D eigenvalue weighted by Gasteiger charge is -2.30. The van der Waals surface area contributed by atoms with Crippen molar-refractivity contribution in [1.82, 2.24) is 0 Å². The van der Waals surface area contributed by atoms with Crippen LogP contribution in [-0.4, -0.2) is 7.11 Å². The molecule has 4 rings (SSSR count). The molecule has 0 N–H and O–H groups in total. The van der Waals surface area contributed by atoms with Crippen LogP contribution >= 0.6 is 0 Å². The van der Waals surface area contributed by atoms with E-state index in [2.05, 4.69) is 13.0 Å². The van der Waals surface area contributed by atoms with Crippen LogP contribution < -0.4 is 4.74 Å². The summed E-state index contributed by atoms with van der Waals surface area (Å²) in [7, 11) is 1.45. The Labute approximate surface area is 215 Å². The minimum atomic E-state index is -0.620. The van der Waals surface area contributed by atoms with E-state index in [1.54, 1.807) is 6.07 Å². The fraction of sp³-hybridized carbons (Fsp3) is 0.562. The number of rotatable bonds is 9. The average Bonchev–Trinajstić information content (AvgIpc) is 2.90. The molecule has 2 aliphatic carbocycles. The zero-order chi connectivity index (χ0) is 25.5. The van der Waals surface area contributed by atoms with Crippen molar-refractivity contribution in [2.24, 2.45) is 11.8 Å². The van der Waals surface area contributed by atoms with Crippen LogP contribution in [0.25, 0.3) is 6.08 Å². The molecule has 2 aromatic rings. The smallest absolute Gasteiger partial charge is 0.165 e. The van der Waals surface area contributed by atoms with Gasteiger partial charge < -0.3 is 4.74 Å². The minimum absolute atomic E-state index is 0.0610.